The standard InChI is InChI=1S/C17H31P/c1-4-6-7-8-9-10-11-15-14-12-16(15,3)17(18,5-2)13-14/h10-11,14-15H,4-9,12-13,18H2,1-3H3. The molecule has 3 aliphatic rings. The fourth-order valence-electron chi connectivity index (χ4n) is 4.45. The zero-order chi connectivity index (χ0) is 13.2. The summed E-state index contributed by atoms with van der Waals surface area (Å²) in [7, 11) is 3.21. The maximum Gasteiger partial charge on any atom is -0.00905 e. The predicted octanol–water partition coefficient (Wildman–Crippen LogP) is 5.58. The fourth-order valence-corrected chi connectivity index (χ4v) is 5.07. The second kappa shape index (κ2) is 5.66. The molecular formula is C17H31P. The van der Waals surface area contributed by atoms with E-state index in [-0.39, 0.29) is 0 Å². The van der Waals surface area contributed by atoms with Crippen LogP contribution in [-0.2, 0) is 0 Å². The van der Waals surface area contributed by atoms with Gasteiger partial charge >= 0.3 is 0 Å². The third kappa shape index (κ3) is 2.31. The van der Waals surface area contributed by atoms with E-state index in [2.05, 4.69) is 42.2 Å². The maximum atomic E-state index is 3.21. The molecule has 0 aromatic heterocycles. The van der Waals surface area contributed by atoms with E-state index in [9.17, 15) is 0 Å². The summed E-state index contributed by atoms with van der Waals surface area (Å²) in [5.41, 5.74) is 0.580. The first-order valence-electron chi connectivity index (χ1n) is 8.03. The Morgan fingerprint density at radius 1 is 1.17 bits per heavy atom. The third-order valence-corrected chi connectivity index (χ3v) is 7.20. The Morgan fingerprint density at radius 2 is 1.94 bits per heavy atom. The molecule has 18 heavy (non-hydrogen) atoms. The SMILES string of the molecule is CCCCCCC=CC1C2CC(P)(CC)C1(C)C2. The van der Waals surface area contributed by atoms with Crippen LogP contribution in [0.4, 0.5) is 0 Å². The van der Waals surface area contributed by atoms with Crippen molar-refractivity contribution < 1.29 is 0 Å². The summed E-state index contributed by atoms with van der Waals surface area (Å²) in [5.74, 6) is 1.86. The summed E-state index contributed by atoms with van der Waals surface area (Å²) in [6.07, 6.45) is 16.1. The van der Waals surface area contributed by atoms with Gasteiger partial charge in [0.2, 0.25) is 0 Å². The molecule has 0 aliphatic heterocycles. The number of hydrogen-bond acceptors (Lipinski definition) is 0. The summed E-state index contributed by atoms with van der Waals surface area (Å²) in [4.78, 5) is 0. The summed E-state index contributed by atoms with van der Waals surface area (Å²) in [6.45, 7) is 7.18. The highest BCUT2D eigenvalue weighted by molar-refractivity contribution is 7.19. The van der Waals surface area contributed by atoms with Crippen molar-refractivity contribution >= 4 is 9.24 Å². The van der Waals surface area contributed by atoms with Crippen LogP contribution >= 0.6 is 9.24 Å². The first-order valence-corrected chi connectivity index (χ1v) is 8.60. The van der Waals surface area contributed by atoms with E-state index in [0.29, 0.717) is 10.6 Å². The molecule has 3 saturated carbocycles. The minimum Gasteiger partial charge on any atom is -0.131 e. The van der Waals surface area contributed by atoms with E-state index in [1.807, 2.05) is 0 Å². The molecule has 3 fully saturated rings. The lowest BCUT2D eigenvalue weighted by Crippen LogP contribution is -2.44. The van der Waals surface area contributed by atoms with Crippen LogP contribution in [0.15, 0.2) is 12.2 Å². The number of fused-ring (bicyclic) bond motifs is 1. The molecule has 0 saturated heterocycles. The summed E-state index contributed by atoms with van der Waals surface area (Å²) >= 11 is 0. The van der Waals surface area contributed by atoms with Gasteiger partial charge in [0.25, 0.3) is 0 Å². The van der Waals surface area contributed by atoms with Gasteiger partial charge in [-0.25, -0.2) is 0 Å². The Hall–Kier alpha value is 0.170. The van der Waals surface area contributed by atoms with Crippen LogP contribution in [0.3, 0.4) is 0 Å². The molecular weight excluding hydrogens is 235 g/mol. The average molecular weight is 266 g/mol. The molecule has 0 N–H and O–H groups in total. The Labute approximate surface area is 116 Å². The molecule has 0 spiro atoms. The van der Waals surface area contributed by atoms with Crippen LogP contribution in [0.25, 0.3) is 0 Å². The molecule has 0 aromatic carbocycles. The molecule has 0 radical (unpaired) electrons. The van der Waals surface area contributed by atoms with Gasteiger partial charge in [-0.15, -0.1) is 9.24 Å². The highest BCUT2D eigenvalue weighted by Gasteiger charge is 2.65. The van der Waals surface area contributed by atoms with E-state index in [0.717, 1.165) is 11.8 Å². The topological polar surface area (TPSA) is 0 Å². The van der Waals surface area contributed by atoms with Gasteiger partial charge in [0, 0.05) is 0 Å². The molecule has 0 nitrogen and oxygen atoms in total. The minimum atomic E-state index is 0.537. The number of hydrogen-bond donors (Lipinski definition) is 0. The highest BCUT2D eigenvalue weighted by atomic mass is 31.0. The summed E-state index contributed by atoms with van der Waals surface area (Å²) in [6, 6.07) is 0. The molecule has 3 aliphatic carbocycles. The van der Waals surface area contributed by atoms with Gasteiger partial charge in [0.1, 0.15) is 0 Å². The van der Waals surface area contributed by atoms with Crippen molar-refractivity contribution in [2.75, 3.05) is 0 Å². The largest absolute Gasteiger partial charge is 0.131 e. The molecule has 2 bridgehead atoms. The van der Waals surface area contributed by atoms with Crippen LogP contribution in [-0.4, -0.2) is 5.16 Å². The number of rotatable bonds is 7. The van der Waals surface area contributed by atoms with Crippen LogP contribution < -0.4 is 0 Å². The van der Waals surface area contributed by atoms with E-state index < -0.39 is 0 Å². The van der Waals surface area contributed by atoms with Crippen molar-refractivity contribution in [2.24, 2.45) is 17.3 Å². The Bertz CT molecular complexity index is 309. The van der Waals surface area contributed by atoms with Crippen LogP contribution in [0, 0.1) is 17.3 Å². The molecule has 0 aromatic rings. The molecule has 104 valence electrons. The predicted molar refractivity (Wildman–Crippen MR) is 85.0 cm³/mol. The second-order valence-electron chi connectivity index (χ2n) is 6.90. The van der Waals surface area contributed by atoms with Gasteiger partial charge in [-0.05, 0) is 54.5 Å². The zero-order valence-corrected chi connectivity index (χ0v) is 13.7. The van der Waals surface area contributed by atoms with E-state index in [4.69, 9.17) is 0 Å². The van der Waals surface area contributed by atoms with Gasteiger partial charge in [-0.3, -0.25) is 0 Å². The quantitative estimate of drug-likeness (QED) is 0.320. The monoisotopic (exact) mass is 266 g/mol. The second-order valence-corrected chi connectivity index (χ2v) is 8.00. The third-order valence-electron chi connectivity index (χ3n) is 5.89. The average Bonchev–Trinajstić information content (AvgIpc) is 2.73. The van der Waals surface area contributed by atoms with Gasteiger partial charge in [0.15, 0.2) is 0 Å². The van der Waals surface area contributed by atoms with E-state index in [1.54, 1.807) is 0 Å². The van der Waals surface area contributed by atoms with Crippen molar-refractivity contribution in [3.63, 3.8) is 0 Å². The van der Waals surface area contributed by atoms with Gasteiger partial charge < -0.3 is 0 Å². The van der Waals surface area contributed by atoms with Crippen LogP contribution in [0.1, 0.15) is 72.1 Å². The molecule has 1 heteroatoms. The smallest absolute Gasteiger partial charge is 0.00905 e. The lowest BCUT2D eigenvalue weighted by molar-refractivity contribution is 0.0715. The van der Waals surface area contributed by atoms with Gasteiger partial charge in [0.05, 0.1) is 0 Å². The van der Waals surface area contributed by atoms with Crippen molar-refractivity contribution in [1.29, 1.82) is 0 Å². The molecule has 5 atom stereocenters. The highest BCUT2D eigenvalue weighted by Crippen LogP contribution is 2.72. The summed E-state index contributed by atoms with van der Waals surface area (Å²) in [5, 5.41) is 0.537. The number of allylic oxidation sites excluding steroid dienone is 2. The molecule has 5 unspecified atom stereocenters. The van der Waals surface area contributed by atoms with Crippen molar-refractivity contribution in [2.45, 2.75) is 77.3 Å². The van der Waals surface area contributed by atoms with Crippen LogP contribution in [0.2, 0.25) is 0 Å². The normalized spacial score (nSPS) is 42.4. The van der Waals surface area contributed by atoms with Crippen LogP contribution in [0.5, 0.6) is 0 Å². The molecule has 0 heterocycles. The minimum absolute atomic E-state index is 0.537. The summed E-state index contributed by atoms with van der Waals surface area (Å²) < 4.78 is 0. The number of unbranched alkanes of at least 4 members (excludes halogenated alkanes) is 4. The Morgan fingerprint density at radius 3 is 2.56 bits per heavy atom. The molecule has 3 rings (SSSR count). The van der Waals surface area contributed by atoms with E-state index >= 15 is 0 Å². The Balaban J connectivity index is 1.81. The lowest BCUT2D eigenvalue weighted by Gasteiger charge is -2.49. The first-order chi connectivity index (χ1) is 8.57. The van der Waals surface area contributed by atoms with Gasteiger partial charge in [-0.1, -0.05) is 52.2 Å². The Kier molecular flexibility index (Phi) is 4.58. The van der Waals surface area contributed by atoms with Gasteiger partial charge in [-0.2, -0.15) is 0 Å². The van der Waals surface area contributed by atoms with Crippen molar-refractivity contribution in [1.82, 2.24) is 0 Å². The van der Waals surface area contributed by atoms with Crippen molar-refractivity contribution in [3.05, 3.63) is 12.2 Å². The van der Waals surface area contributed by atoms with E-state index in [1.165, 1.54) is 51.4 Å². The first kappa shape index (κ1) is 14.6. The molecule has 0 amide bonds. The van der Waals surface area contributed by atoms with Crippen molar-refractivity contribution in [3.8, 4) is 0 Å². The zero-order valence-electron chi connectivity index (χ0n) is 12.5. The maximum absolute atomic E-state index is 3.21. The fraction of sp³-hybridized carbons (Fsp3) is 0.882. The lowest BCUT2D eigenvalue weighted by atomic mass is 9.58.